The number of ether oxygens (including phenoxy) is 1. The molecule has 0 spiro atoms. The van der Waals surface area contributed by atoms with Crippen LogP contribution in [0.25, 0.3) is 0 Å². The van der Waals surface area contributed by atoms with Gasteiger partial charge in [-0.2, -0.15) is 0 Å². The summed E-state index contributed by atoms with van der Waals surface area (Å²) in [7, 11) is -1.81. The number of alkyl halides is 3. The molecule has 1 saturated heterocycles. The van der Waals surface area contributed by atoms with Crippen LogP contribution in [0.3, 0.4) is 0 Å². The molecular formula is C18H17Cl3N2O6S. The van der Waals surface area contributed by atoms with Gasteiger partial charge in [0.25, 0.3) is 11.8 Å². The van der Waals surface area contributed by atoms with Crippen LogP contribution in [0.5, 0.6) is 5.75 Å². The monoisotopic (exact) mass is 494 g/mol. The highest BCUT2D eigenvalue weighted by Gasteiger charge is 2.59. The number of nitrogens with one attached hydrogen (secondary N) is 1. The highest BCUT2D eigenvalue weighted by atomic mass is 35.6. The SMILES string of the molecule is CC1=C(C(=O)O)N2C(=O)C(NC(=O)COc3ccccc3)[C@H]2S(=O)C1CC(Cl)(Cl)Cl. The van der Waals surface area contributed by atoms with E-state index in [1.165, 1.54) is 6.92 Å². The molecule has 0 bridgehead atoms. The van der Waals surface area contributed by atoms with Gasteiger partial charge in [0, 0.05) is 6.42 Å². The number of benzene rings is 1. The molecule has 3 unspecified atom stereocenters. The molecule has 1 aromatic rings. The van der Waals surface area contributed by atoms with Crippen molar-refractivity contribution in [2.75, 3.05) is 6.61 Å². The summed E-state index contributed by atoms with van der Waals surface area (Å²) in [5, 5.41) is 10.1. The number of aliphatic carboxylic acids is 1. The Bertz CT molecular complexity index is 934. The fourth-order valence-corrected chi connectivity index (χ4v) is 6.17. The molecule has 162 valence electrons. The summed E-state index contributed by atoms with van der Waals surface area (Å²) in [6.45, 7) is 1.07. The number of carbonyl (C=O) groups excluding carboxylic acids is 2. The van der Waals surface area contributed by atoms with Crippen molar-refractivity contribution in [2.24, 2.45) is 0 Å². The van der Waals surface area contributed by atoms with Gasteiger partial charge in [-0.05, 0) is 24.6 Å². The third-order valence-electron chi connectivity index (χ3n) is 4.71. The molecule has 1 fully saturated rings. The van der Waals surface area contributed by atoms with Gasteiger partial charge in [0.2, 0.25) is 0 Å². The van der Waals surface area contributed by atoms with Crippen molar-refractivity contribution in [1.29, 1.82) is 0 Å². The largest absolute Gasteiger partial charge is 0.484 e. The standard InChI is InChI=1S/C18H17Cl3N2O6S/c1-9-11(7-18(19,20)21)30(28)16-13(15(25)23(16)14(9)17(26)27)22-12(24)8-29-10-5-3-2-4-6-10/h2-6,11,13,16H,7-8H2,1H3,(H,22,24)(H,26,27)/t11?,13?,16-,30?/m1/s1. The average Bonchev–Trinajstić information content (AvgIpc) is 2.67. The maximum atomic E-state index is 13.1. The van der Waals surface area contributed by atoms with Crippen molar-refractivity contribution in [3.05, 3.63) is 41.6 Å². The maximum Gasteiger partial charge on any atom is 0.352 e. The van der Waals surface area contributed by atoms with Gasteiger partial charge in [-0.1, -0.05) is 53.0 Å². The predicted octanol–water partition coefficient (Wildman–Crippen LogP) is 1.97. The molecule has 0 aromatic heterocycles. The minimum atomic E-state index is -1.81. The minimum Gasteiger partial charge on any atom is -0.484 e. The Morgan fingerprint density at radius 1 is 1.27 bits per heavy atom. The second-order valence-corrected chi connectivity index (χ2v) is 10.9. The van der Waals surface area contributed by atoms with Crippen LogP contribution in [-0.2, 0) is 25.2 Å². The number of para-hydroxylation sites is 1. The fourth-order valence-electron chi connectivity index (χ4n) is 3.36. The summed E-state index contributed by atoms with van der Waals surface area (Å²) < 4.78 is 16.6. The lowest BCUT2D eigenvalue weighted by atomic mass is 10.0. The van der Waals surface area contributed by atoms with Crippen molar-refractivity contribution in [2.45, 2.75) is 33.8 Å². The number of fused-ring (bicyclic) bond motifs is 1. The average molecular weight is 496 g/mol. The highest BCUT2D eigenvalue weighted by molar-refractivity contribution is 7.86. The molecule has 2 aliphatic rings. The lowest BCUT2D eigenvalue weighted by Crippen LogP contribution is -2.74. The molecule has 2 aliphatic heterocycles. The van der Waals surface area contributed by atoms with Crippen molar-refractivity contribution in [3.8, 4) is 5.75 Å². The first-order valence-corrected chi connectivity index (χ1v) is 11.1. The summed E-state index contributed by atoms with van der Waals surface area (Å²) in [5.74, 6) is -2.20. The Balaban J connectivity index is 1.77. The van der Waals surface area contributed by atoms with Gasteiger partial charge in [0.15, 0.2) is 10.4 Å². The van der Waals surface area contributed by atoms with Crippen LogP contribution in [-0.4, -0.2) is 59.1 Å². The van der Waals surface area contributed by atoms with Crippen LogP contribution < -0.4 is 10.1 Å². The Labute approximate surface area is 189 Å². The van der Waals surface area contributed by atoms with Gasteiger partial charge in [-0.3, -0.25) is 18.7 Å². The first-order chi connectivity index (χ1) is 14.0. The van der Waals surface area contributed by atoms with E-state index in [0.29, 0.717) is 5.75 Å². The molecule has 2 N–H and O–H groups in total. The minimum absolute atomic E-state index is 0.175. The maximum absolute atomic E-state index is 13.1. The van der Waals surface area contributed by atoms with Crippen molar-refractivity contribution in [1.82, 2.24) is 10.2 Å². The second-order valence-electron chi connectivity index (χ2n) is 6.72. The van der Waals surface area contributed by atoms with Gasteiger partial charge < -0.3 is 15.2 Å². The van der Waals surface area contributed by atoms with Gasteiger partial charge in [0.1, 0.15) is 22.9 Å². The normalized spacial score (nSPS) is 26.0. The van der Waals surface area contributed by atoms with Crippen molar-refractivity contribution >= 4 is 63.4 Å². The van der Waals surface area contributed by atoms with E-state index in [-0.39, 0.29) is 24.3 Å². The summed E-state index contributed by atoms with van der Waals surface area (Å²) in [4.78, 5) is 37.5. The predicted molar refractivity (Wildman–Crippen MR) is 112 cm³/mol. The molecule has 1 aromatic carbocycles. The molecule has 0 saturated carbocycles. The van der Waals surface area contributed by atoms with Gasteiger partial charge in [-0.15, -0.1) is 0 Å². The smallest absolute Gasteiger partial charge is 0.352 e. The summed E-state index contributed by atoms with van der Waals surface area (Å²) >= 11 is 17.5. The number of carbonyl (C=O) groups is 3. The molecule has 8 nitrogen and oxygen atoms in total. The molecule has 3 rings (SSSR count). The van der Waals surface area contributed by atoms with Crippen LogP contribution in [0.15, 0.2) is 41.6 Å². The summed E-state index contributed by atoms with van der Waals surface area (Å²) in [6.07, 6.45) is -0.205. The highest BCUT2D eigenvalue weighted by Crippen LogP contribution is 2.43. The van der Waals surface area contributed by atoms with Gasteiger partial charge in [0.05, 0.1) is 16.0 Å². The van der Waals surface area contributed by atoms with Crippen LogP contribution in [0.1, 0.15) is 13.3 Å². The lowest BCUT2D eigenvalue weighted by Gasteiger charge is -2.51. The van der Waals surface area contributed by atoms with E-state index in [4.69, 9.17) is 39.5 Å². The second kappa shape index (κ2) is 8.74. The molecule has 0 radical (unpaired) electrons. The summed E-state index contributed by atoms with van der Waals surface area (Å²) in [5.41, 5.74) is -0.135. The molecule has 30 heavy (non-hydrogen) atoms. The fraction of sp³-hybridized carbons (Fsp3) is 0.389. The number of carboxylic acid groups (broad SMARTS) is 1. The number of rotatable bonds is 6. The van der Waals surface area contributed by atoms with Gasteiger partial charge >= 0.3 is 5.97 Å². The number of hydrogen-bond acceptors (Lipinski definition) is 5. The van der Waals surface area contributed by atoms with E-state index < -0.39 is 49.0 Å². The first kappa shape index (κ1) is 22.9. The molecule has 2 amide bonds. The molecule has 4 atom stereocenters. The first-order valence-electron chi connectivity index (χ1n) is 8.71. The van der Waals surface area contributed by atoms with E-state index in [1.807, 2.05) is 0 Å². The third-order valence-corrected chi connectivity index (χ3v) is 7.21. The number of β-lactam (4-membered cyclic amide) rings is 1. The van der Waals surface area contributed by atoms with Crippen molar-refractivity contribution in [3.63, 3.8) is 0 Å². The number of amides is 2. The zero-order chi connectivity index (χ0) is 22.2. The summed E-state index contributed by atoms with van der Waals surface area (Å²) in [6, 6.07) is 7.41. The zero-order valence-electron chi connectivity index (χ0n) is 15.5. The number of halogens is 3. The Hall–Kier alpha value is -1.81. The number of carboxylic acids is 1. The molecule has 0 aliphatic carbocycles. The topological polar surface area (TPSA) is 113 Å². The number of nitrogens with zero attached hydrogens (tertiary/aromatic N) is 1. The Morgan fingerprint density at radius 3 is 2.47 bits per heavy atom. The van der Waals surface area contributed by atoms with Crippen LogP contribution in [0.4, 0.5) is 0 Å². The Kier molecular flexibility index (Phi) is 6.66. The lowest BCUT2D eigenvalue weighted by molar-refractivity contribution is -0.151. The van der Waals surface area contributed by atoms with E-state index in [1.54, 1.807) is 30.3 Å². The van der Waals surface area contributed by atoms with Crippen LogP contribution >= 0.6 is 34.8 Å². The molecule has 12 heteroatoms. The Morgan fingerprint density at radius 2 is 1.90 bits per heavy atom. The van der Waals surface area contributed by atoms with E-state index >= 15 is 0 Å². The van der Waals surface area contributed by atoms with Crippen molar-refractivity contribution < 1.29 is 28.4 Å². The van der Waals surface area contributed by atoms with Gasteiger partial charge in [-0.25, -0.2) is 4.79 Å². The zero-order valence-corrected chi connectivity index (χ0v) is 18.6. The quantitative estimate of drug-likeness (QED) is 0.461. The third kappa shape index (κ3) is 4.59. The molecule has 2 heterocycles. The number of hydrogen-bond donors (Lipinski definition) is 2. The van der Waals surface area contributed by atoms with Crippen LogP contribution in [0.2, 0.25) is 0 Å². The molecular weight excluding hydrogens is 479 g/mol. The van der Waals surface area contributed by atoms with Crippen LogP contribution in [0, 0.1) is 0 Å². The van der Waals surface area contributed by atoms with E-state index in [2.05, 4.69) is 5.32 Å². The van der Waals surface area contributed by atoms with E-state index in [0.717, 1.165) is 4.90 Å². The van der Waals surface area contributed by atoms with E-state index in [9.17, 15) is 23.7 Å².